The van der Waals surface area contributed by atoms with E-state index in [0.29, 0.717) is 50.3 Å². The molecule has 3 aromatic rings. The molecule has 4 rings (SSSR count). The van der Waals surface area contributed by atoms with Gasteiger partial charge in [0.2, 0.25) is 5.91 Å². The number of amides is 2. The van der Waals surface area contributed by atoms with Crippen LogP contribution < -0.4 is 20.3 Å². The minimum Gasteiger partial charge on any atom is -0.494 e. The first-order valence-electron chi connectivity index (χ1n) is 11.8. The number of rotatable bonds is 8. The van der Waals surface area contributed by atoms with Gasteiger partial charge in [-0.1, -0.05) is 12.1 Å². The van der Waals surface area contributed by atoms with Gasteiger partial charge in [-0.05, 0) is 73.9 Å². The molecule has 0 radical (unpaired) electrons. The van der Waals surface area contributed by atoms with E-state index in [2.05, 4.69) is 20.5 Å². The molecule has 0 atom stereocenters. The lowest BCUT2D eigenvalue weighted by atomic mass is 9.95. The monoisotopic (exact) mass is 476 g/mol. The molecule has 1 fully saturated rings. The molecule has 0 spiro atoms. The zero-order valence-corrected chi connectivity index (χ0v) is 19.7. The summed E-state index contributed by atoms with van der Waals surface area (Å²) in [7, 11) is 0. The SMILES string of the molecule is CCOc1ccc(NC(=O)c2ccnc(N3CCC(C(=O)NCc4ccc(F)cc4)CC3)c2)cc1. The van der Waals surface area contributed by atoms with Gasteiger partial charge in [0.05, 0.1) is 6.61 Å². The van der Waals surface area contributed by atoms with Crippen molar-refractivity contribution in [2.45, 2.75) is 26.3 Å². The van der Waals surface area contributed by atoms with Crippen LogP contribution >= 0.6 is 0 Å². The molecule has 0 unspecified atom stereocenters. The second-order valence-corrected chi connectivity index (χ2v) is 8.42. The van der Waals surface area contributed by atoms with E-state index in [4.69, 9.17) is 4.74 Å². The van der Waals surface area contributed by atoms with Gasteiger partial charge in [0, 0.05) is 43.0 Å². The average Bonchev–Trinajstić information content (AvgIpc) is 2.89. The summed E-state index contributed by atoms with van der Waals surface area (Å²) in [6.45, 7) is 4.23. The highest BCUT2D eigenvalue weighted by molar-refractivity contribution is 6.04. The molecular formula is C27H29FN4O3. The molecule has 182 valence electrons. The molecule has 0 bridgehead atoms. The van der Waals surface area contributed by atoms with Crippen LogP contribution in [0.5, 0.6) is 5.75 Å². The van der Waals surface area contributed by atoms with Crippen molar-refractivity contribution in [2.24, 2.45) is 5.92 Å². The van der Waals surface area contributed by atoms with Gasteiger partial charge in [-0.15, -0.1) is 0 Å². The van der Waals surface area contributed by atoms with Crippen LogP contribution in [0.3, 0.4) is 0 Å². The molecule has 1 saturated heterocycles. The first-order valence-corrected chi connectivity index (χ1v) is 11.8. The number of hydrogen-bond donors (Lipinski definition) is 2. The van der Waals surface area contributed by atoms with Crippen molar-refractivity contribution in [1.29, 1.82) is 0 Å². The number of carbonyl (C=O) groups is 2. The fraction of sp³-hybridized carbons (Fsp3) is 0.296. The Morgan fingerprint density at radius 2 is 1.77 bits per heavy atom. The quantitative estimate of drug-likeness (QED) is 0.503. The minimum absolute atomic E-state index is 0.00502. The maximum absolute atomic E-state index is 13.0. The van der Waals surface area contributed by atoms with Crippen LogP contribution in [-0.2, 0) is 11.3 Å². The molecule has 8 heteroatoms. The molecule has 1 aromatic heterocycles. The number of anilines is 2. The predicted molar refractivity (Wildman–Crippen MR) is 133 cm³/mol. The van der Waals surface area contributed by atoms with Crippen LogP contribution in [0, 0.1) is 11.7 Å². The van der Waals surface area contributed by atoms with Gasteiger partial charge in [-0.25, -0.2) is 9.37 Å². The van der Waals surface area contributed by atoms with E-state index >= 15 is 0 Å². The minimum atomic E-state index is -0.293. The summed E-state index contributed by atoms with van der Waals surface area (Å²) in [4.78, 5) is 31.9. The second kappa shape index (κ2) is 11.5. The lowest BCUT2D eigenvalue weighted by molar-refractivity contribution is -0.125. The summed E-state index contributed by atoms with van der Waals surface area (Å²) >= 11 is 0. The van der Waals surface area contributed by atoms with Gasteiger partial charge in [0.1, 0.15) is 17.4 Å². The van der Waals surface area contributed by atoms with Crippen LogP contribution in [0.1, 0.15) is 35.7 Å². The fourth-order valence-electron chi connectivity index (χ4n) is 4.04. The van der Waals surface area contributed by atoms with E-state index in [-0.39, 0.29) is 23.5 Å². The average molecular weight is 477 g/mol. The largest absolute Gasteiger partial charge is 0.494 e. The molecule has 0 aliphatic carbocycles. The molecule has 35 heavy (non-hydrogen) atoms. The summed E-state index contributed by atoms with van der Waals surface area (Å²) in [6.07, 6.45) is 3.02. The van der Waals surface area contributed by atoms with Gasteiger partial charge < -0.3 is 20.3 Å². The third-order valence-corrected chi connectivity index (χ3v) is 6.00. The maximum atomic E-state index is 13.0. The molecule has 2 aromatic carbocycles. The van der Waals surface area contributed by atoms with Crippen LogP contribution in [0.25, 0.3) is 0 Å². The van der Waals surface area contributed by atoms with E-state index in [1.54, 1.807) is 42.6 Å². The highest BCUT2D eigenvalue weighted by atomic mass is 19.1. The molecular weight excluding hydrogens is 447 g/mol. The lowest BCUT2D eigenvalue weighted by Gasteiger charge is -2.32. The maximum Gasteiger partial charge on any atom is 0.255 e. The number of halogens is 1. The van der Waals surface area contributed by atoms with Crippen molar-refractivity contribution in [3.63, 3.8) is 0 Å². The van der Waals surface area contributed by atoms with Crippen molar-refractivity contribution < 1.29 is 18.7 Å². The van der Waals surface area contributed by atoms with Gasteiger partial charge in [0.25, 0.3) is 5.91 Å². The Morgan fingerprint density at radius 3 is 2.46 bits per heavy atom. The van der Waals surface area contributed by atoms with E-state index in [9.17, 15) is 14.0 Å². The number of piperidine rings is 1. The predicted octanol–water partition coefficient (Wildman–Crippen LogP) is 4.40. The topological polar surface area (TPSA) is 83.6 Å². The molecule has 1 aliphatic rings. The Hall–Kier alpha value is -3.94. The van der Waals surface area contributed by atoms with E-state index < -0.39 is 0 Å². The number of nitrogens with one attached hydrogen (secondary N) is 2. The third-order valence-electron chi connectivity index (χ3n) is 6.00. The first kappa shape index (κ1) is 24.2. The van der Waals surface area contributed by atoms with Crippen LogP contribution in [0.2, 0.25) is 0 Å². The Balaban J connectivity index is 1.29. The van der Waals surface area contributed by atoms with Crippen molar-refractivity contribution in [3.05, 3.63) is 83.8 Å². The number of benzene rings is 2. The summed E-state index contributed by atoms with van der Waals surface area (Å²) in [5.74, 6) is 0.883. The lowest BCUT2D eigenvalue weighted by Crippen LogP contribution is -2.40. The molecule has 2 heterocycles. The number of pyridine rings is 1. The first-order chi connectivity index (χ1) is 17.0. The van der Waals surface area contributed by atoms with Crippen LogP contribution in [-0.4, -0.2) is 36.5 Å². The van der Waals surface area contributed by atoms with Gasteiger partial charge >= 0.3 is 0 Å². The van der Waals surface area contributed by atoms with Crippen LogP contribution in [0.4, 0.5) is 15.9 Å². The number of hydrogen-bond acceptors (Lipinski definition) is 5. The van der Waals surface area contributed by atoms with Crippen molar-refractivity contribution in [3.8, 4) is 5.75 Å². The van der Waals surface area contributed by atoms with Gasteiger partial charge in [-0.2, -0.15) is 0 Å². The second-order valence-electron chi connectivity index (χ2n) is 8.42. The molecule has 1 aliphatic heterocycles. The number of nitrogens with zero attached hydrogens (tertiary/aromatic N) is 2. The zero-order chi connectivity index (χ0) is 24.6. The van der Waals surface area contributed by atoms with E-state index in [1.807, 2.05) is 19.1 Å². The molecule has 7 nitrogen and oxygen atoms in total. The van der Waals surface area contributed by atoms with Gasteiger partial charge in [-0.3, -0.25) is 9.59 Å². The van der Waals surface area contributed by atoms with E-state index in [0.717, 1.165) is 17.1 Å². The standard InChI is InChI=1S/C27H29FN4O3/c1-2-35-24-9-7-23(8-10-24)31-27(34)21-11-14-29-25(17-21)32-15-12-20(13-16-32)26(33)30-18-19-3-5-22(28)6-4-19/h3-11,14,17,20H,2,12-13,15-16,18H2,1H3,(H,30,33)(H,31,34). The third kappa shape index (κ3) is 6.56. The Kier molecular flexibility index (Phi) is 7.92. The smallest absolute Gasteiger partial charge is 0.255 e. The van der Waals surface area contributed by atoms with Crippen molar-refractivity contribution in [1.82, 2.24) is 10.3 Å². The summed E-state index contributed by atoms with van der Waals surface area (Å²) in [5, 5.41) is 5.84. The van der Waals surface area contributed by atoms with Crippen LogP contribution in [0.15, 0.2) is 66.9 Å². The summed E-state index contributed by atoms with van der Waals surface area (Å²) in [6, 6.07) is 16.8. The fourth-order valence-corrected chi connectivity index (χ4v) is 4.04. The summed E-state index contributed by atoms with van der Waals surface area (Å²) < 4.78 is 18.5. The Bertz CT molecular complexity index is 1140. The summed E-state index contributed by atoms with van der Waals surface area (Å²) in [5.41, 5.74) is 2.06. The molecule has 2 amide bonds. The number of carbonyl (C=O) groups excluding carboxylic acids is 2. The number of ether oxygens (including phenoxy) is 1. The normalized spacial score (nSPS) is 13.8. The Morgan fingerprint density at radius 1 is 1.06 bits per heavy atom. The highest BCUT2D eigenvalue weighted by Crippen LogP contribution is 2.23. The van der Waals surface area contributed by atoms with Gasteiger partial charge in [0.15, 0.2) is 0 Å². The number of aromatic nitrogens is 1. The molecule has 2 N–H and O–H groups in total. The molecule has 0 saturated carbocycles. The van der Waals surface area contributed by atoms with E-state index in [1.165, 1.54) is 12.1 Å². The van der Waals surface area contributed by atoms with Crippen molar-refractivity contribution in [2.75, 3.05) is 29.9 Å². The zero-order valence-electron chi connectivity index (χ0n) is 19.7. The van der Waals surface area contributed by atoms with Crippen molar-refractivity contribution >= 4 is 23.3 Å². The highest BCUT2D eigenvalue weighted by Gasteiger charge is 2.25. The Labute approximate surface area is 204 Å².